The highest BCUT2D eigenvalue weighted by molar-refractivity contribution is 4.67. The molecule has 4 heteroatoms. The van der Waals surface area contributed by atoms with E-state index in [2.05, 4.69) is 6.92 Å². The Hall–Kier alpha value is -0.250. The zero-order valence-corrected chi connectivity index (χ0v) is 11.7. The van der Waals surface area contributed by atoms with E-state index < -0.39 is 12.1 Å². The van der Waals surface area contributed by atoms with Crippen molar-refractivity contribution in [1.82, 2.24) is 0 Å². The topological polar surface area (TPSA) is 9.23 Å². The van der Waals surface area contributed by atoms with Gasteiger partial charge in [-0.25, -0.2) is 0 Å². The Morgan fingerprint density at radius 1 is 0.889 bits per heavy atom. The van der Waals surface area contributed by atoms with Crippen LogP contribution in [-0.4, -0.2) is 19.4 Å². The first-order valence-electron chi connectivity index (χ1n) is 7.16. The summed E-state index contributed by atoms with van der Waals surface area (Å²) in [6.45, 7) is 4.39. The molecule has 18 heavy (non-hydrogen) atoms. The molecule has 0 N–H and O–H groups in total. The average Bonchev–Trinajstić information content (AvgIpc) is 2.30. The molecular weight excluding hydrogens is 241 g/mol. The second-order valence-electron chi connectivity index (χ2n) is 4.87. The first-order valence-corrected chi connectivity index (χ1v) is 7.16. The number of hydrogen-bond donors (Lipinski definition) is 0. The summed E-state index contributed by atoms with van der Waals surface area (Å²) in [5, 5.41) is 0. The van der Waals surface area contributed by atoms with Crippen LogP contribution in [0.3, 0.4) is 0 Å². The summed E-state index contributed by atoms with van der Waals surface area (Å²) < 4.78 is 43.3. The molecule has 0 amide bonds. The van der Waals surface area contributed by atoms with Crippen molar-refractivity contribution in [3.05, 3.63) is 0 Å². The van der Waals surface area contributed by atoms with E-state index in [4.69, 9.17) is 4.74 Å². The van der Waals surface area contributed by atoms with E-state index in [1.165, 1.54) is 0 Å². The van der Waals surface area contributed by atoms with Gasteiger partial charge in [-0.15, -0.1) is 0 Å². The van der Waals surface area contributed by atoms with E-state index in [0.29, 0.717) is 13.0 Å². The Kier molecular flexibility index (Phi) is 10.5. The third-order valence-electron chi connectivity index (χ3n) is 3.08. The normalized spacial score (nSPS) is 13.8. The van der Waals surface area contributed by atoms with Crippen LogP contribution >= 0.6 is 0 Å². The molecule has 0 aliphatic heterocycles. The fraction of sp³-hybridized carbons (Fsp3) is 1.00. The van der Waals surface area contributed by atoms with Crippen LogP contribution in [0.1, 0.15) is 65.2 Å². The lowest BCUT2D eigenvalue weighted by atomic mass is 10.0. The fourth-order valence-corrected chi connectivity index (χ4v) is 1.84. The van der Waals surface area contributed by atoms with Gasteiger partial charge >= 0.3 is 6.18 Å². The van der Waals surface area contributed by atoms with Gasteiger partial charge in [0.15, 0.2) is 0 Å². The van der Waals surface area contributed by atoms with Crippen LogP contribution in [0.15, 0.2) is 0 Å². The van der Waals surface area contributed by atoms with Gasteiger partial charge in [-0.05, 0) is 12.8 Å². The summed E-state index contributed by atoms with van der Waals surface area (Å²) in [4.78, 5) is 0. The van der Waals surface area contributed by atoms with Crippen molar-refractivity contribution >= 4 is 0 Å². The standard InChI is InChI=1S/C14H27F3O/c1-3-5-7-9-11-18-12-13(14(15,16)17)10-8-6-4-2/h13H,3-12H2,1-2H3. The lowest BCUT2D eigenvalue weighted by Crippen LogP contribution is -2.27. The van der Waals surface area contributed by atoms with Gasteiger partial charge in [-0.2, -0.15) is 13.2 Å². The Morgan fingerprint density at radius 2 is 1.50 bits per heavy atom. The van der Waals surface area contributed by atoms with E-state index in [0.717, 1.165) is 38.5 Å². The molecule has 0 aromatic heterocycles. The average molecular weight is 268 g/mol. The first-order chi connectivity index (χ1) is 8.52. The molecule has 0 aromatic carbocycles. The van der Waals surface area contributed by atoms with Gasteiger partial charge in [0.25, 0.3) is 0 Å². The van der Waals surface area contributed by atoms with Crippen molar-refractivity contribution < 1.29 is 17.9 Å². The van der Waals surface area contributed by atoms with Gasteiger partial charge in [0.1, 0.15) is 0 Å². The van der Waals surface area contributed by atoms with Gasteiger partial charge in [-0.1, -0.05) is 52.4 Å². The van der Waals surface area contributed by atoms with Gasteiger partial charge in [0.05, 0.1) is 12.5 Å². The molecule has 1 unspecified atom stereocenters. The van der Waals surface area contributed by atoms with E-state index in [9.17, 15) is 13.2 Å². The molecule has 0 radical (unpaired) electrons. The molecule has 0 bridgehead atoms. The largest absolute Gasteiger partial charge is 0.394 e. The predicted octanol–water partition coefficient (Wildman–Crippen LogP) is 5.34. The van der Waals surface area contributed by atoms with Gasteiger partial charge < -0.3 is 4.74 Å². The molecule has 0 fully saturated rings. The maximum Gasteiger partial charge on any atom is 0.394 e. The maximum absolute atomic E-state index is 12.7. The third kappa shape index (κ3) is 9.75. The summed E-state index contributed by atoms with van der Waals surface area (Å²) in [5.41, 5.74) is 0. The molecule has 0 heterocycles. The van der Waals surface area contributed by atoms with Crippen molar-refractivity contribution in [2.24, 2.45) is 5.92 Å². The zero-order valence-electron chi connectivity index (χ0n) is 11.7. The molecule has 0 saturated heterocycles. The van der Waals surface area contributed by atoms with Gasteiger partial charge in [-0.3, -0.25) is 0 Å². The Balaban J connectivity index is 3.73. The van der Waals surface area contributed by atoms with Gasteiger partial charge in [0.2, 0.25) is 0 Å². The summed E-state index contributed by atoms with van der Waals surface area (Å²) >= 11 is 0. The van der Waals surface area contributed by atoms with Gasteiger partial charge in [0, 0.05) is 6.61 Å². The molecule has 1 atom stereocenters. The quantitative estimate of drug-likeness (QED) is 0.459. The molecule has 0 aromatic rings. The van der Waals surface area contributed by atoms with Crippen molar-refractivity contribution in [1.29, 1.82) is 0 Å². The molecule has 0 aliphatic rings. The predicted molar refractivity (Wildman–Crippen MR) is 68.6 cm³/mol. The van der Waals surface area contributed by atoms with Crippen LogP contribution in [-0.2, 0) is 4.74 Å². The molecule has 0 saturated carbocycles. The van der Waals surface area contributed by atoms with Crippen LogP contribution in [0.4, 0.5) is 13.2 Å². The number of halogens is 3. The number of alkyl halides is 3. The lowest BCUT2D eigenvalue weighted by Gasteiger charge is -2.20. The van der Waals surface area contributed by atoms with Crippen LogP contribution < -0.4 is 0 Å². The smallest absolute Gasteiger partial charge is 0.381 e. The number of unbranched alkanes of at least 4 members (excludes halogenated alkanes) is 5. The molecule has 0 spiro atoms. The van der Waals surface area contributed by atoms with Crippen molar-refractivity contribution in [2.45, 2.75) is 71.4 Å². The van der Waals surface area contributed by atoms with E-state index in [1.54, 1.807) is 0 Å². The number of hydrogen-bond acceptors (Lipinski definition) is 1. The molecule has 0 rings (SSSR count). The fourth-order valence-electron chi connectivity index (χ4n) is 1.84. The Bertz CT molecular complexity index is 180. The highest BCUT2D eigenvalue weighted by Crippen LogP contribution is 2.30. The minimum absolute atomic E-state index is 0.167. The minimum Gasteiger partial charge on any atom is -0.381 e. The zero-order chi connectivity index (χ0) is 13.9. The van der Waals surface area contributed by atoms with E-state index in [1.807, 2.05) is 6.92 Å². The maximum atomic E-state index is 12.7. The van der Waals surface area contributed by atoms with Crippen molar-refractivity contribution in [3.8, 4) is 0 Å². The van der Waals surface area contributed by atoms with Crippen molar-refractivity contribution in [3.63, 3.8) is 0 Å². The summed E-state index contributed by atoms with van der Waals surface area (Å²) in [5.74, 6) is -1.28. The van der Waals surface area contributed by atoms with Crippen LogP contribution in [0.2, 0.25) is 0 Å². The molecular formula is C14H27F3O. The highest BCUT2D eigenvalue weighted by Gasteiger charge is 2.38. The highest BCUT2D eigenvalue weighted by atomic mass is 19.4. The Morgan fingerprint density at radius 3 is 2.06 bits per heavy atom. The first kappa shape index (κ1) is 17.8. The minimum atomic E-state index is -4.11. The van der Waals surface area contributed by atoms with Crippen LogP contribution in [0.5, 0.6) is 0 Å². The Labute approximate surface area is 109 Å². The summed E-state index contributed by atoms with van der Waals surface area (Å²) in [6.07, 6.45) is 2.70. The molecule has 0 aliphatic carbocycles. The van der Waals surface area contributed by atoms with Crippen LogP contribution in [0, 0.1) is 5.92 Å². The van der Waals surface area contributed by atoms with E-state index >= 15 is 0 Å². The van der Waals surface area contributed by atoms with Crippen molar-refractivity contribution in [2.75, 3.05) is 13.2 Å². The third-order valence-corrected chi connectivity index (χ3v) is 3.08. The van der Waals surface area contributed by atoms with E-state index in [-0.39, 0.29) is 13.0 Å². The monoisotopic (exact) mass is 268 g/mol. The summed E-state index contributed by atoms with van der Waals surface area (Å²) in [7, 11) is 0. The second-order valence-corrected chi connectivity index (χ2v) is 4.87. The summed E-state index contributed by atoms with van der Waals surface area (Å²) in [6, 6.07) is 0. The number of ether oxygens (including phenoxy) is 1. The van der Waals surface area contributed by atoms with Crippen LogP contribution in [0.25, 0.3) is 0 Å². The SMILES string of the molecule is CCCCCCOCC(CCCCC)C(F)(F)F. The lowest BCUT2D eigenvalue weighted by molar-refractivity contribution is -0.190. The molecule has 110 valence electrons. The second kappa shape index (κ2) is 10.7. The molecule has 1 nitrogen and oxygen atoms in total. The number of rotatable bonds is 11.